The van der Waals surface area contributed by atoms with Crippen molar-refractivity contribution in [3.8, 4) is 11.3 Å². The zero-order chi connectivity index (χ0) is 16.4. The maximum Gasteiger partial charge on any atom is 0.323 e. The Morgan fingerprint density at radius 1 is 1.17 bits per heavy atom. The van der Waals surface area contributed by atoms with Gasteiger partial charge in [-0.15, -0.1) is 0 Å². The van der Waals surface area contributed by atoms with Crippen LogP contribution in [0.5, 0.6) is 0 Å². The number of imide groups is 1. The lowest BCUT2D eigenvalue weighted by Gasteiger charge is -1.98. The highest BCUT2D eigenvalue weighted by atomic mass is 16.6. The molecule has 0 aliphatic carbocycles. The predicted molar refractivity (Wildman–Crippen MR) is 78.9 cm³/mol. The van der Waals surface area contributed by atoms with Gasteiger partial charge in [-0.2, -0.15) is 0 Å². The fraction of sp³-hybridized carbons (Fsp3) is 0.0714. The largest absolute Gasteiger partial charge is 0.455 e. The van der Waals surface area contributed by atoms with Crippen molar-refractivity contribution >= 4 is 23.8 Å². The van der Waals surface area contributed by atoms with E-state index in [1.165, 1.54) is 18.3 Å². The summed E-state index contributed by atoms with van der Waals surface area (Å²) in [7, 11) is 0. The first-order chi connectivity index (χ1) is 11.0. The van der Waals surface area contributed by atoms with Crippen LogP contribution in [0.1, 0.15) is 5.76 Å². The molecule has 1 aromatic carbocycles. The lowest BCUT2D eigenvalue weighted by molar-refractivity contribution is -0.384. The average molecular weight is 314 g/mol. The topological polar surface area (TPSA) is 127 Å². The van der Waals surface area contributed by atoms with Crippen molar-refractivity contribution in [3.05, 3.63) is 52.3 Å². The quantitative estimate of drug-likeness (QED) is 0.382. The molecule has 1 fully saturated rings. The third kappa shape index (κ3) is 3.07. The number of carbonyl (C=O) groups excluding carboxylic acids is 2. The van der Waals surface area contributed by atoms with E-state index < -0.39 is 23.0 Å². The number of urea groups is 1. The van der Waals surface area contributed by atoms with Crippen LogP contribution in [-0.2, 0) is 4.79 Å². The fourth-order valence-electron chi connectivity index (χ4n) is 1.98. The van der Waals surface area contributed by atoms with E-state index in [9.17, 15) is 19.7 Å². The van der Waals surface area contributed by atoms with Crippen molar-refractivity contribution in [1.29, 1.82) is 0 Å². The van der Waals surface area contributed by atoms with Gasteiger partial charge >= 0.3 is 6.03 Å². The molecule has 2 heterocycles. The van der Waals surface area contributed by atoms with Crippen LogP contribution in [0.15, 0.2) is 45.8 Å². The van der Waals surface area contributed by atoms with Gasteiger partial charge in [-0.05, 0) is 24.3 Å². The molecular formula is C14H10N4O5. The van der Waals surface area contributed by atoms with Crippen LogP contribution in [0.3, 0.4) is 0 Å². The maximum atomic E-state index is 11.3. The molecule has 0 bridgehead atoms. The minimum absolute atomic E-state index is 0.00919. The highest BCUT2D eigenvalue weighted by molar-refractivity contribution is 6.04. The summed E-state index contributed by atoms with van der Waals surface area (Å²) in [6.07, 6.45) is 0.348. The number of amides is 3. The molecule has 9 heteroatoms. The summed E-state index contributed by atoms with van der Waals surface area (Å²) in [5.41, 5.74) is 0.659. The molecule has 0 radical (unpaired) electrons. The van der Waals surface area contributed by atoms with Crippen LogP contribution >= 0.6 is 0 Å². The van der Waals surface area contributed by atoms with Crippen LogP contribution in [0, 0.1) is 10.1 Å². The normalized spacial score (nSPS) is 17.3. The summed E-state index contributed by atoms with van der Waals surface area (Å²) in [6.45, 7) is 0. The number of furan rings is 1. The standard InChI is InChI=1S/C14H10N4O5/c19-13-12(16-14(20)17-13)15-7-10-5-6-11(23-10)8-1-3-9(4-2-8)18(21)22/h1-7,12H,(H2,16,17,19,20). The zero-order valence-electron chi connectivity index (χ0n) is 11.6. The molecule has 0 spiro atoms. The molecule has 1 saturated heterocycles. The number of hydrogen-bond donors (Lipinski definition) is 2. The molecule has 0 saturated carbocycles. The number of benzene rings is 1. The third-order valence-corrected chi connectivity index (χ3v) is 3.09. The van der Waals surface area contributed by atoms with Gasteiger partial charge in [0.2, 0.25) is 6.17 Å². The summed E-state index contributed by atoms with van der Waals surface area (Å²) in [4.78, 5) is 36.3. The summed E-state index contributed by atoms with van der Waals surface area (Å²) in [5, 5.41) is 15.0. The highest BCUT2D eigenvalue weighted by Gasteiger charge is 2.28. The first-order valence-corrected chi connectivity index (χ1v) is 6.52. The lowest BCUT2D eigenvalue weighted by Crippen LogP contribution is -2.26. The van der Waals surface area contributed by atoms with E-state index in [4.69, 9.17) is 4.42 Å². The Hall–Kier alpha value is -3.49. The number of rotatable bonds is 4. The van der Waals surface area contributed by atoms with Gasteiger partial charge in [-0.3, -0.25) is 25.2 Å². The molecular weight excluding hydrogens is 304 g/mol. The number of aliphatic imine (C=N–C) groups is 1. The molecule has 2 aromatic rings. The number of non-ortho nitro benzene ring substituents is 1. The highest BCUT2D eigenvalue weighted by Crippen LogP contribution is 2.24. The second-order valence-electron chi connectivity index (χ2n) is 4.65. The second kappa shape index (κ2) is 5.72. The van der Waals surface area contributed by atoms with Crippen molar-refractivity contribution in [1.82, 2.24) is 10.6 Å². The molecule has 3 amide bonds. The molecule has 23 heavy (non-hydrogen) atoms. The molecule has 1 aromatic heterocycles. The molecule has 2 N–H and O–H groups in total. The average Bonchev–Trinajstić information content (AvgIpc) is 3.11. The van der Waals surface area contributed by atoms with Gasteiger partial charge in [-0.25, -0.2) is 4.79 Å². The van der Waals surface area contributed by atoms with Gasteiger partial charge in [0.25, 0.3) is 11.6 Å². The first kappa shape index (κ1) is 14.4. The summed E-state index contributed by atoms with van der Waals surface area (Å²) < 4.78 is 5.53. The first-order valence-electron chi connectivity index (χ1n) is 6.52. The number of nitro groups is 1. The van der Waals surface area contributed by atoms with Gasteiger partial charge in [0.15, 0.2) is 0 Å². The molecule has 9 nitrogen and oxygen atoms in total. The van der Waals surface area contributed by atoms with E-state index in [1.807, 2.05) is 0 Å². The van der Waals surface area contributed by atoms with Gasteiger partial charge in [-0.1, -0.05) is 0 Å². The maximum absolute atomic E-state index is 11.3. The van der Waals surface area contributed by atoms with Gasteiger partial charge in [0.05, 0.1) is 11.1 Å². The number of carbonyl (C=O) groups is 2. The van der Waals surface area contributed by atoms with Crippen LogP contribution in [0.4, 0.5) is 10.5 Å². The van der Waals surface area contributed by atoms with E-state index >= 15 is 0 Å². The van der Waals surface area contributed by atoms with Crippen molar-refractivity contribution in [2.75, 3.05) is 0 Å². The van der Waals surface area contributed by atoms with Gasteiger partial charge < -0.3 is 9.73 Å². The fourth-order valence-corrected chi connectivity index (χ4v) is 1.98. The van der Waals surface area contributed by atoms with Gasteiger partial charge in [0, 0.05) is 17.7 Å². The van der Waals surface area contributed by atoms with E-state index in [2.05, 4.69) is 15.6 Å². The van der Waals surface area contributed by atoms with Crippen LogP contribution in [0.2, 0.25) is 0 Å². The molecule has 1 atom stereocenters. The summed E-state index contributed by atoms with van der Waals surface area (Å²) in [5.74, 6) is 0.349. The monoisotopic (exact) mass is 314 g/mol. The molecule has 1 aliphatic rings. The van der Waals surface area contributed by atoms with E-state index in [-0.39, 0.29) is 5.69 Å². The molecule has 3 rings (SSSR count). The van der Waals surface area contributed by atoms with Crippen LogP contribution < -0.4 is 10.6 Å². The predicted octanol–water partition coefficient (Wildman–Crippen LogP) is 1.44. The van der Waals surface area contributed by atoms with Crippen molar-refractivity contribution < 1.29 is 18.9 Å². The van der Waals surface area contributed by atoms with Crippen LogP contribution in [0.25, 0.3) is 11.3 Å². The Labute approximate surface area is 129 Å². The minimum Gasteiger partial charge on any atom is -0.455 e. The minimum atomic E-state index is -0.976. The smallest absolute Gasteiger partial charge is 0.323 e. The number of hydrogen-bond acceptors (Lipinski definition) is 6. The van der Waals surface area contributed by atoms with Crippen molar-refractivity contribution in [2.45, 2.75) is 6.17 Å². The number of nitro benzene ring substituents is 1. The Morgan fingerprint density at radius 2 is 1.91 bits per heavy atom. The Bertz CT molecular complexity index is 809. The lowest BCUT2D eigenvalue weighted by atomic mass is 10.1. The van der Waals surface area contributed by atoms with Crippen LogP contribution in [-0.4, -0.2) is 29.2 Å². The molecule has 1 aliphatic heterocycles. The van der Waals surface area contributed by atoms with E-state index in [0.29, 0.717) is 17.1 Å². The summed E-state index contributed by atoms with van der Waals surface area (Å²) in [6, 6.07) is 8.62. The third-order valence-electron chi connectivity index (χ3n) is 3.09. The van der Waals surface area contributed by atoms with Crippen molar-refractivity contribution in [3.63, 3.8) is 0 Å². The van der Waals surface area contributed by atoms with Crippen molar-refractivity contribution in [2.24, 2.45) is 4.99 Å². The second-order valence-corrected chi connectivity index (χ2v) is 4.65. The molecule has 116 valence electrons. The van der Waals surface area contributed by atoms with E-state index in [1.54, 1.807) is 24.3 Å². The number of nitrogens with one attached hydrogen (secondary N) is 2. The SMILES string of the molecule is O=C1NC(=O)C(N=Cc2ccc(-c3ccc([N+](=O)[O-])cc3)o2)N1. The summed E-state index contributed by atoms with van der Waals surface area (Å²) >= 11 is 0. The zero-order valence-corrected chi connectivity index (χ0v) is 11.6. The Kier molecular flexibility index (Phi) is 3.59. The number of nitrogens with zero attached hydrogens (tertiary/aromatic N) is 2. The van der Waals surface area contributed by atoms with Gasteiger partial charge in [0.1, 0.15) is 11.5 Å². The van der Waals surface area contributed by atoms with E-state index in [0.717, 1.165) is 0 Å². The molecule has 1 unspecified atom stereocenters. The Balaban J connectivity index is 1.74. The Morgan fingerprint density at radius 3 is 2.52 bits per heavy atom.